The van der Waals surface area contributed by atoms with Crippen LogP contribution < -0.4 is 13.9 Å². The first-order valence-corrected chi connectivity index (χ1v) is 10.0. The lowest BCUT2D eigenvalue weighted by Gasteiger charge is -2.03. The zero-order valence-electron chi connectivity index (χ0n) is 14.4. The molecule has 3 rings (SSSR count). The average molecular weight is 386 g/mol. The number of aromatic nitrogens is 2. The van der Waals surface area contributed by atoms with Crippen molar-refractivity contribution in [3.8, 4) is 22.6 Å². The summed E-state index contributed by atoms with van der Waals surface area (Å²) in [6.07, 6.45) is 7.29. The predicted molar refractivity (Wildman–Crippen MR) is 97.2 cm³/mol. The normalized spacial score (nSPS) is 11.2. The molecule has 8 heteroatoms. The molecule has 0 saturated heterocycles. The predicted octanol–water partition coefficient (Wildman–Crippen LogP) is 1.63. The summed E-state index contributed by atoms with van der Waals surface area (Å²) in [6.45, 7) is 0.663. The van der Waals surface area contributed by atoms with Gasteiger partial charge in [0.05, 0.1) is 0 Å². The maximum absolute atomic E-state index is 10.9. The summed E-state index contributed by atoms with van der Waals surface area (Å²) in [5, 5.41) is 0. The van der Waals surface area contributed by atoms with E-state index in [0.717, 1.165) is 16.8 Å². The summed E-state index contributed by atoms with van der Waals surface area (Å²) in [7, 11) is -3.99. The molecule has 1 aromatic carbocycles. The van der Waals surface area contributed by atoms with E-state index in [2.05, 4.69) is 0 Å². The van der Waals surface area contributed by atoms with Gasteiger partial charge in [0.15, 0.2) is 31.3 Å². The second-order valence-corrected chi connectivity index (χ2v) is 7.69. The molecule has 0 atom stereocenters. The molecule has 0 fully saturated rings. The van der Waals surface area contributed by atoms with Crippen LogP contribution in [0.5, 0.6) is 5.75 Å². The van der Waals surface area contributed by atoms with Crippen LogP contribution >= 0.6 is 7.60 Å². The number of pyridine rings is 2. The van der Waals surface area contributed by atoms with Crippen LogP contribution in [0.3, 0.4) is 0 Å². The first-order valence-electron chi connectivity index (χ1n) is 8.21. The molecule has 3 aromatic rings. The van der Waals surface area contributed by atoms with E-state index in [4.69, 9.17) is 14.5 Å². The minimum Gasteiger partial charge on any atom is -0.429 e. The third-order valence-electron chi connectivity index (χ3n) is 4.02. The molecule has 0 aliphatic carbocycles. The van der Waals surface area contributed by atoms with Crippen LogP contribution in [0.25, 0.3) is 16.8 Å². The number of ether oxygens (including phenoxy) is 1. The highest BCUT2D eigenvalue weighted by atomic mass is 31.2. The number of carbonyl (C=O) groups is 1. The molecule has 0 spiro atoms. The summed E-state index contributed by atoms with van der Waals surface area (Å²) in [5.74, 6) is 0.488. The van der Waals surface area contributed by atoms with Crippen molar-refractivity contribution >= 4 is 14.1 Å². The van der Waals surface area contributed by atoms with Gasteiger partial charge in [-0.05, 0) is 23.3 Å². The van der Waals surface area contributed by atoms with Crippen molar-refractivity contribution in [2.24, 2.45) is 0 Å². The fraction of sp³-hybridized carbons (Fsp3) is 0.105. The minimum atomic E-state index is -3.99. The lowest BCUT2D eigenvalue weighted by Crippen LogP contribution is -2.34. The van der Waals surface area contributed by atoms with Gasteiger partial charge in [-0.2, -0.15) is 4.57 Å². The summed E-state index contributed by atoms with van der Waals surface area (Å²) in [4.78, 5) is 28.2. The fourth-order valence-corrected chi connectivity index (χ4v) is 3.08. The Morgan fingerprint density at radius 3 is 1.96 bits per heavy atom. The van der Waals surface area contributed by atoms with Crippen molar-refractivity contribution in [2.45, 2.75) is 6.54 Å². The number of rotatable bonds is 7. The number of hydrogen-bond donors (Lipinski definition) is 2. The molecule has 0 aliphatic rings. The minimum absolute atomic E-state index is 0.182. The molecule has 138 valence electrons. The van der Waals surface area contributed by atoms with Crippen LogP contribution in [0.15, 0.2) is 73.3 Å². The van der Waals surface area contributed by atoms with Crippen LogP contribution in [0.2, 0.25) is 0 Å². The number of nitrogens with zero attached hydrogens (tertiary/aromatic N) is 2. The zero-order valence-corrected chi connectivity index (χ0v) is 15.3. The average Bonchev–Trinajstić information content (AvgIpc) is 2.67. The summed E-state index contributed by atoms with van der Waals surface area (Å²) in [6, 6.07) is 14.9. The number of aryl methyl sites for hydroxylation is 1. The van der Waals surface area contributed by atoms with E-state index in [9.17, 15) is 9.36 Å². The van der Waals surface area contributed by atoms with Crippen molar-refractivity contribution in [1.82, 2.24) is 0 Å². The van der Waals surface area contributed by atoms with Gasteiger partial charge in [-0.15, -0.1) is 0 Å². The van der Waals surface area contributed by atoms with E-state index in [0.29, 0.717) is 12.2 Å². The van der Waals surface area contributed by atoms with Gasteiger partial charge in [0.1, 0.15) is 11.9 Å². The van der Waals surface area contributed by atoms with Gasteiger partial charge in [-0.25, -0.2) is 4.57 Å². The molecule has 2 N–H and O–H groups in total. The molecule has 7 nitrogen and oxygen atoms in total. The Morgan fingerprint density at radius 1 is 0.889 bits per heavy atom. The SMILES string of the molecule is O=COc1ccc(-[n+]2ccc(-c3cc[n+](CCP(=O)(O)O)cc3)cc2)cc1. The third-order valence-corrected chi connectivity index (χ3v) is 4.80. The molecule has 0 bridgehead atoms. The van der Waals surface area contributed by atoms with E-state index in [1.54, 1.807) is 29.1 Å². The van der Waals surface area contributed by atoms with Gasteiger partial charge in [-0.3, -0.25) is 9.36 Å². The van der Waals surface area contributed by atoms with Gasteiger partial charge < -0.3 is 14.5 Å². The van der Waals surface area contributed by atoms with Crippen LogP contribution in [0, 0.1) is 0 Å². The van der Waals surface area contributed by atoms with Gasteiger partial charge >= 0.3 is 7.60 Å². The second kappa shape index (κ2) is 8.22. The molecule has 2 heterocycles. The van der Waals surface area contributed by atoms with Crippen LogP contribution in [-0.2, 0) is 15.9 Å². The summed E-state index contributed by atoms with van der Waals surface area (Å²) in [5.41, 5.74) is 2.96. The fourth-order valence-electron chi connectivity index (χ4n) is 2.59. The first-order chi connectivity index (χ1) is 12.9. The zero-order chi connectivity index (χ0) is 19.3. The highest BCUT2D eigenvalue weighted by Gasteiger charge is 2.16. The third kappa shape index (κ3) is 5.31. The maximum Gasteiger partial charge on any atom is 0.331 e. The van der Waals surface area contributed by atoms with Gasteiger partial charge in [0.25, 0.3) is 6.47 Å². The molecule has 0 saturated carbocycles. The second-order valence-electron chi connectivity index (χ2n) is 5.91. The Bertz CT molecular complexity index is 951. The van der Waals surface area contributed by atoms with E-state index >= 15 is 0 Å². The summed E-state index contributed by atoms with van der Waals surface area (Å²) >= 11 is 0. The van der Waals surface area contributed by atoms with E-state index in [-0.39, 0.29) is 12.7 Å². The highest BCUT2D eigenvalue weighted by Crippen LogP contribution is 2.33. The van der Waals surface area contributed by atoms with E-state index in [1.807, 2.05) is 53.4 Å². The number of carbonyl (C=O) groups excluding carboxylic acids is 1. The van der Waals surface area contributed by atoms with Gasteiger partial charge in [0, 0.05) is 36.4 Å². The van der Waals surface area contributed by atoms with Crippen molar-refractivity contribution in [3.05, 3.63) is 73.3 Å². The molecule has 0 amide bonds. The lowest BCUT2D eigenvalue weighted by molar-refractivity contribution is -0.692. The van der Waals surface area contributed by atoms with Crippen LogP contribution in [0.1, 0.15) is 0 Å². The first kappa shape index (κ1) is 18.9. The smallest absolute Gasteiger partial charge is 0.331 e. The van der Waals surface area contributed by atoms with Crippen molar-refractivity contribution in [3.63, 3.8) is 0 Å². The molecule has 0 aliphatic heterocycles. The van der Waals surface area contributed by atoms with Crippen LogP contribution in [-0.4, -0.2) is 22.4 Å². The molecular formula is C19H19N2O5P+2. The monoisotopic (exact) mass is 386 g/mol. The van der Waals surface area contributed by atoms with Crippen LogP contribution in [0.4, 0.5) is 0 Å². The molecule has 0 radical (unpaired) electrons. The van der Waals surface area contributed by atoms with Gasteiger partial charge in [0.2, 0.25) is 5.69 Å². The molecule has 0 unspecified atom stereocenters. The highest BCUT2D eigenvalue weighted by molar-refractivity contribution is 7.51. The van der Waals surface area contributed by atoms with E-state index in [1.165, 1.54) is 0 Å². The Labute approximate surface area is 156 Å². The Morgan fingerprint density at radius 2 is 1.44 bits per heavy atom. The quantitative estimate of drug-likeness (QED) is 0.366. The summed E-state index contributed by atoms with van der Waals surface area (Å²) < 4.78 is 19.4. The van der Waals surface area contributed by atoms with Crippen molar-refractivity contribution in [2.75, 3.05) is 6.16 Å². The van der Waals surface area contributed by atoms with Gasteiger partial charge in [-0.1, -0.05) is 0 Å². The lowest BCUT2D eigenvalue weighted by atomic mass is 10.1. The topological polar surface area (TPSA) is 91.6 Å². The number of hydrogen-bond acceptors (Lipinski definition) is 3. The Balaban J connectivity index is 1.71. The molecule has 27 heavy (non-hydrogen) atoms. The van der Waals surface area contributed by atoms with E-state index < -0.39 is 7.60 Å². The van der Waals surface area contributed by atoms with Crippen molar-refractivity contribution < 1.29 is 33.0 Å². The largest absolute Gasteiger partial charge is 0.429 e. The number of benzene rings is 1. The van der Waals surface area contributed by atoms with Crippen molar-refractivity contribution in [1.29, 1.82) is 0 Å². The molecular weight excluding hydrogens is 367 g/mol. The standard InChI is InChI=1S/C19H17N2O5P/c22-15-26-19-3-1-18(2-4-19)21-11-7-17(8-12-21)16-5-9-20(10-6-16)13-14-27(23,24)25/h1-12,15H,13-14H2/p+2. The Kier molecular flexibility index (Phi) is 5.76. The Hall–Kier alpha value is -2.86. The maximum atomic E-state index is 10.9. The molecule has 2 aromatic heterocycles.